The maximum absolute atomic E-state index is 13.1. The van der Waals surface area contributed by atoms with Gasteiger partial charge in [0.2, 0.25) is 11.8 Å². The molecule has 0 bridgehead atoms. The van der Waals surface area contributed by atoms with Gasteiger partial charge in [-0.3, -0.25) is 0 Å². The van der Waals surface area contributed by atoms with E-state index in [1.807, 2.05) is 19.1 Å². The molecule has 0 saturated heterocycles. The molecular formula is C18H19F6N3O. The zero-order chi connectivity index (χ0) is 20.9. The third-order valence-corrected chi connectivity index (χ3v) is 3.76. The fraction of sp³-hybridized carbons (Fsp3) is 0.444. The molecule has 0 aliphatic heterocycles. The summed E-state index contributed by atoms with van der Waals surface area (Å²) >= 11 is 0. The van der Waals surface area contributed by atoms with Crippen molar-refractivity contribution in [2.45, 2.75) is 39.0 Å². The van der Waals surface area contributed by atoms with Crippen LogP contribution in [0.2, 0.25) is 0 Å². The molecule has 2 aromatic rings. The van der Waals surface area contributed by atoms with Crippen LogP contribution in [0.3, 0.4) is 0 Å². The highest BCUT2D eigenvalue weighted by Gasteiger charge is 2.38. The predicted molar refractivity (Wildman–Crippen MR) is 91.7 cm³/mol. The lowest BCUT2D eigenvalue weighted by Gasteiger charge is -2.23. The Morgan fingerprint density at radius 2 is 1.64 bits per heavy atom. The number of hydrogen-bond acceptors (Lipinski definition) is 4. The van der Waals surface area contributed by atoms with Crippen LogP contribution in [0.15, 0.2) is 30.5 Å². The topological polar surface area (TPSA) is 38.2 Å². The number of aromatic nitrogens is 2. The van der Waals surface area contributed by atoms with Crippen LogP contribution in [0.25, 0.3) is 0 Å². The van der Waals surface area contributed by atoms with Crippen molar-refractivity contribution in [1.29, 1.82) is 0 Å². The summed E-state index contributed by atoms with van der Waals surface area (Å²) in [6.07, 6.45) is -7.48. The third-order valence-electron chi connectivity index (χ3n) is 3.76. The van der Waals surface area contributed by atoms with Gasteiger partial charge in [0.25, 0.3) is 0 Å². The molecule has 10 heteroatoms. The van der Waals surface area contributed by atoms with Crippen LogP contribution in [0.1, 0.15) is 31.4 Å². The molecule has 0 atom stereocenters. The standard InChI is InChI=1S/C18H19F6N3O/c1-3-5-12-6-8-13(9-7-12)27(4-2)16-25-10-14(18(22,23)24)15(26-16)28-11-17(19,20)21/h6-10H,3-5,11H2,1-2H3. The number of aryl methyl sites for hydroxylation is 1. The predicted octanol–water partition coefficient (Wildman–Crippen LogP) is 5.55. The second-order valence-corrected chi connectivity index (χ2v) is 5.95. The summed E-state index contributed by atoms with van der Waals surface area (Å²) in [5.74, 6) is -1.34. The summed E-state index contributed by atoms with van der Waals surface area (Å²) in [6, 6.07) is 7.25. The Labute approximate surface area is 158 Å². The van der Waals surface area contributed by atoms with Crippen molar-refractivity contribution in [1.82, 2.24) is 9.97 Å². The molecule has 1 aromatic carbocycles. The molecule has 4 nitrogen and oxygen atoms in total. The van der Waals surface area contributed by atoms with Gasteiger partial charge in [-0.2, -0.15) is 31.3 Å². The van der Waals surface area contributed by atoms with Crippen molar-refractivity contribution in [3.05, 3.63) is 41.6 Å². The smallest absolute Gasteiger partial charge is 0.423 e. The van der Waals surface area contributed by atoms with Crippen LogP contribution in [0, 0.1) is 0 Å². The molecule has 0 fully saturated rings. The highest BCUT2D eigenvalue weighted by molar-refractivity contribution is 5.58. The Kier molecular flexibility index (Phi) is 6.73. The molecular weight excluding hydrogens is 388 g/mol. The van der Waals surface area contributed by atoms with Gasteiger partial charge >= 0.3 is 12.4 Å². The van der Waals surface area contributed by atoms with Gasteiger partial charge in [0.15, 0.2) is 6.61 Å². The van der Waals surface area contributed by atoms with Crippen molar-refractivity contribution in [3.8, 4) is 5.88 Å². The van der Waals surface area contributed by atoms with E-state index < -0.39 is 30.4 Å². The number of rotatable bonds is 7. The number of benzene rings is 1. The van der Waals surface area contributed by atoms with Gasteiger partial charge in [0, 0.05) is 18.4 Å². The molecule has 1 aromatic heterocycles. The second kappa shape index (κ2) is 8.66. The average Bonchev–Trinajstić information content (AvgIpc) is 2.61. The van der Waals surface area contributed by atoms with Gasteiger partial charge in [-0.1, -0.05) is 25.5 Å². The SMILES string of the molecule is CCCc1ccc(N(CC)c2ncc(C(F)(F)F)c(OCC(F)(F)F)n2)cc1. The lowest BCUT2D eigenvalue weighted by atomic mass is 10.1. The summed E-state index contributed by atoms with van der Waals surface area (Å²) in [4.78, 5) is 8.79. The molecule has 0 amide bonds. The van der Waals surface area contributed by atoms with Crippen LogP contribution in [0.4, 0.5) is 38.0 Å². The van der Waals surface area contributed by atoms with Crippen LogP contribution in [-0.4, -0.2) is 29.3 Å². The minimum Gasteiger partial charge on any atom is -0.467 e. The Balaban J connectivity index is 2.39. The van der Waals surface area contributed by atoms with Crippen molar-refractivity contribution in [2.24, 2.45) is 0 Å². The lowest BCUT2D eigenvalue weighted by Crippen LogP contribution is -2.24. The largest absolute Gasteiger partial charge is 0.467 e. The summed E-state index contributed by atoms with van der Waals surface area (Å²) in [5, 5.41) is 0. The van der Waals surface area contributed by atoms with E-state index in [9.17, 15) is 26.3 Å². The van der Waals surface area contributed by atoms with E-state index in [1.165, 1.54) is 4.90 Å². The first-order chi connectivity index (χ1) is 13.0. The highest BCUT2D eigenvalue weighted by Crippen LogP contribution is 2.36. The number of ether oxygens (including phenoxy) is 1. The Hall–Kier alpha value is -2.52. The fourth-order valence-corrected chi connectivity index (χ4v) is 2.51. The van der Waals surface area contributed by atoms with Crippen molar-refractivity contribution in [3.63, 3.8) is 0 Å². The van der Waals surface area contributed by atoms with Gasteiger partial charge in [0.1, 0.15) is 5.56 Å². The van der Waals surface area contributed by atoms with E-state index in [1.54, 1.807) is 19.1 Å². The van der Waals surface area contributed by atoms with Gasteiger partial charge < -0.3 is 9.64 Å². The highest BCUT2D eigenvalue weighted by atomic mass is 19.4. The van der Waals surface area contributed by atoms with Gasteiger partial charge in [-0.05, 0) is 31.0 Å². The molecule has 1 heterocycles. The number of halogens is 6. The first kappa shape index (κ1) is 21.8. The van der Waals surface area contributed by atoms with E-state index in [0.29, 0.717) is 11.9 Å². The zero-order valence-corrected chi connectivity index (χ0v) is 15.2. The van der Waals surface area contributed by atoms with E-state index in [4.69, 9.17) is 0 Å². The lowest BCUT2D eigenvalue weighted by molar-refractivity contribution is -0.159. The minimum atomic E-state index is -4.95. The summed E-state index contributed by atoms with van der Waals surface area (Å²) < 4.78 is 80.7. The molecule has 0 aliphatic rings. The molecule has 0 saturated carbocycles. The summed E-state index contributed by atoms with van der Waals surface area (Å²) in [6.45, 7) is 2.16. The van der Waals surface area contributed by atoms with Gasteiger partial charge in [-0.25, -0.2) is 4.98 Å². The van der Waals surface area contributed by atoms with Crippen LogP contribution in [-0.2, 0) is 12.6 Å². The average molecular weight is 407 g/mol. The molecule has 28 heavy (non-hydrogen) atoms. The monoisotopic (exact) mass is 407 g/mol. The van der Waals surface area contributed by atoms with Gasteiger partial charge in [0.05, 0.1) is 0 Å². The Morgan fingerprint density at radius 3 is 2.14 bits per heavy atom. The maximum Gasteiger partial charge on any atom is 0.423 e. The summed E-state index contributed by atoms with van der Waals surface area (Å²) in [7, 11) is 0. The number of anilines is 2. The van der Waals surface area contributed by atoms with E-state index in [-0.39, 0.29) is 12.5 Å². The normalized spacial score (nSPS) is 12.1. The molecule has 0 unspecified atom stereocenters. The molecule has 0 N–H and O–H groups in total. The molecule has 0 radical (unpaired) electrons. The fourth-order valence-electron chi connectivity index (χ4n) is 2.51. The summed E-state index contributed by atoms with van der Waals surface area (Å²) in [5.41, 5.74) is 0.226. The second-order valence-electron chi connectivity index (χ2n) is 5.95. The zero-order valence-electron chi connectivity index (χ0n) is 15.2. The molecule has 2 rings (SSSR count). The van der Waals surface area contributed by atoms with Crippen molar-refractivity contribution >= 4 is 11.6 Å². The first-order valence-corrected chi connectivity index (χ1v) is 8.55. The quantitative estimate of drug-likeness (QED) is 0.565. The maximum atomic E-state index is 13.1. The van der Waals surface area contributed by atoms with E-state index in [2.05, 4.69) is 14.7 Å². The van der Waals surface area contributed by atoms with Crippen LogP contribution >= 0.6 is 0 Å². The number of nitrogens with zero attached hydrogens (tertiary/aromatic N) is 3. The molecule has 0 spiro atoms. The van der Waals surface area contributed by atoms with Crippen LogP contribution < -0.4 is 9.64 Å². The minimum absolute atomic E-state index is 0.184. The van der Waals surface area contributed by atoms with E-state index >= 15 is 0 Å². The van der Waals surface area contributed by atoms with Crippen molar-refractivity contribution < 1.29 is 31.1 Å². The third kappa shape index (κ3) is 5.74. The van der Waals surface area contributed by atoms with Crippen molar-refractivity contribution in [2.75, 3.05) is 18.1 Å². The molecule has 0 aliphatic carbocycles. The van der Waals surface area contributed by atoms with Crippen LogP contribution in [0.5, 0.6) is 5.88 Å². The Bertz CT molecular complexity index is 774. The molecule has 154 valence electrons. The van der Waals surface area contributed by atoms with Gasteiger partial charge in [-0.15, -0.1) is 0 Å². The first-order valence-electron chi connectivity index (χ1n) is 8.55. The Morgan fingerprint density at radius 1 is 1.00 bits per heavy atom. The number of alkyl halides is 6. The van der Waals surface area contributed by atoms with E-state index in [0.717, 1.165) is 18.4 Å². The number of hydrogen-bond donors (Lipinski definition) is 0.